The SMILES string of the molecule is C1=C(c2ccccc2)N=C(c2ccc(Oc3ccc(-c4cc(-c5ccccc5)cc(-c5ccccc5)n4)cc3)cc2)N=C(c2ccccc2)CC1. The molecular weight excluding hydrogens is 623 g/mol. The lowest BCUT2D eigenvalue weighted by Crippen LogP contribution is -2.09. The summed E-state index contributed by atoms with van der Waals surface area (Å²) in [5.41, 5.74) is 11.3. The molecule has 51 heavy (non-hydrogen) atoms. The van der Waals surface area contributed by atoms with E-state index in [1.165, 1.54) is 0 Å². The van der Waals surface area contributed by atoms with Crippen LogP contribution in [0.5, 0.6) is 11.5 Å². The Morgan fingerprint density at radius 2 is 0.863 bits per heavy atom. The van der Waals surface area contributed by atoms with E-state index >= 15 is 0 Å². The van der Waals surface area contributed by atoms with E-state index in [2.05, 4.69) is 103 Å². The van der Waals surface area contributed by atoms with Gasteiger partial charge in [0.15, 0.2) is 5.84 Å². The van der Waals surface area contributed by atoms with E-state index in [1.54, 1.807) is 0 Å². The lowest BCUT2D eigenvalue weighted by atomic mass is 10.00. The normalized spacial score (nSPS) is 12.9. The van der Waals surface area contributed by atoms with E-state index in [1.807, 2.05) is 84.9 Å². The van der Waals surface area contributed by atoms with Crippen LogP contribution in [0.25, 0.3) is 39.3 Å². The van der Waals surface area contributed by atoms with Gasteiger partial charge in [0, 0.05) is 16.7 Å². The number of benzene rings is 6. The van der Waals surface area contributed by atoms with E-state index < -0.39 is 0 Å². The number of aromatic nitrogens is 1. The zero-order valence-electron chi connectivity index (χ0n) is 28.1. The van der Waals surface area contributed by atoms with Crippen molar-refractivity contribution in [1.29, 1.82) is 0 Å². The van der Waals surface area contributed by atoms with Crippen LogP contribution in [-0.4, -0.2) is 16.5 Å². The second-order valence-electron chi connectivity index (χ2n) is 12.4. The molecule has 4 heteroatoms. The van der Waals surface area contributed by atoms with Gasteiger partial charge in [0.2, 0.25) is 0 Å². The van der Waals surface area contributed by atoms with Crippen LogP contribution in [0.3, 0.4) is 0 Å². The topological polar surface area (TPSA) is 46.8 Å². The average Bonchev–Trinajstić information content (AvgIpc) is 3.20. The second kappa shape index (κ2) is 14.9. The molecule has 7 aromatic rings. The van der Waals surface area contributed by atoms with Crippen LogP contribution in [-0.2, 0) is 0 Å². The summed E-state index contributed by atoms with van der Waals surface area (Å²) >= 11 is 0. The molecule has 244 valence electrons. The number of hydrogen-bond donors (Lipinski definition) is 0. The van der Waals surface area contributed by atoms with Gasteiger partial charge >= 0.3 is 0 Å². The number of pyridine rings is 1. The van der Waals surface area contributed by atoms with Crippen molar-refractivity contribution >= 4 is 17.2 Å². The van der Waals surface area contributed by atoms with Gasteiger partial charge in [-0.1, -0.05) is 127 Å². The molecule has 0 unspecified atom stereocenters. The monoisotopic (exact) mass is 657 g/mol. The highest BCUT2D eigenvalue weighted by Gasteiger charge is 2.14. The molecule has 0 N–H and O–H groups in total. The van der Waals surface area contributed by atoms with Gasteiger partial charge in [0.1, 0.15) is 11.5 Å². The Labute approximate surface area is 298 Å². The molecule has 8 rings (SSSR count). The van der Waals surface area contributed by atoms with Crippen molar-refractivity contribution in [2.24, 2.45) is 9.98 Å². The van der Waals surface area contributed by atoms with Crippen molar-refractivity contribution in [3.63, 3.8) is 0 Å². The number of nitrogens with zero attached hydrogens (tertiary/aromatic N) is 3. The molecule has 0 aliphatic carbocycles. The van der Waals surface area contributed by atoms with Crippen molar-refractivity contribution in [3.05, 3.63) is 205 Å². The molecule has 0 spiro atoms. The van der Waals surface area contributed by atoms with Crippen LogP contribution in [0.1, 0.15) is 29.5 Å². The van der Waals surface area contributed by atoms with E-state index in [0.717, 1.165) is 86.1 Å². The Hall–Kier alpha value is -6.65. The molecule has 1 aromatic heterocycles. The predicted molar refractivity (Wildman–Crippen MR) is 210 cm³/mol. The fourth-order valence-corrected chi connectivity index (χ4v) is 6.21. The molecule has 4 nitrogen and oxygen atoms in total. The fraction of sp³-hybridized carbons (Fsp3) is 0.0426. The molecule has 0 saturated carbocycles. The molecule has 0 amide bonds. The predicted octanol–water partition coefficient (Wildman–Crippen LogP) is 11.9. The largest absolute Gasteiger partial charge is 0.457 e. The Morgan fingerprint density at radius 1 is 0.392 bits per heavy atom. The summed E-state index contributed by atoms with van der Waals surface area (Å²) in [5.74, 6) is 2.16. The van der Waals surface area contributed by atoms with Crippen molar-refractivity contribution < 1.29 is 4.74 Å². The number of aliphatic imine (C=N–C) groups is 2. The summed E-state index contributed by atoms with van der Waals surface area (Å²) in [4.78, 5) is 15.3. The molecule has 0 atom stereocenters. The Kier molecular flexibility index (Phi) is 9.21. The average molecular weight is 658 g/mol. The van der Waals surface area contributed by atoms with Gasteiger partial charge in [-0.15, -0.1) is 0 Å². The number of hydrogen-bond acceptors (Lipinski definition) is 4. The summed E-state index contributed by atoms with van der Waals surface area (Å²) in [6, 6.07) is 61.9. The van der Waals surface area contributed by atoms with Crippen molar-refractivity contribution in [3.8, 4) is 45.1 Å². The molecule has 0 bridgehead atoms. The first-order valence-electron chi connectivity index (χ1n) is 17.2. The van der Waals surface area contributed by atoms with Crippen LogP contribution in [0.15, 0.2) is 198 Å². The minimum Gasteiger partial charge on any atom is -0.457 e. The number of rotatable bonds is 8. The number of ether oxygens (including phenoxy) is 1. The lowest BCUT2D eigenvalue weighted by Gasteiger charge is -2.14. The van der Waals surface area contributed by atoms with Gasteiger partial charge in [-0.3, -0.25) is 0 Å². The third-order valence-corrected chi connectivity index (χ3v) is 8.86. The number of allylic oxidation sites excluding steroid dienone is 1. The van der Waals surface area contributed by atoms with Gasteiger partial charge in [0.25, 0.3) is 0 Å². The molecule has 0 radical (unpaired) electrons. The molecule has 1 aliphatic heterocycles. The van der Waals surface area contributed by atoms with E-state index in [-0.39, 0.29) is 0 Å². The van der Waals surface area contributed by atoms with E-state index in [4.69, 9.17) is 19.7 Å². The quantitative estimate of drug-likeness (QED) is 0.163. The first kappa shape index (κ1) is 31.6. The van der Waals surface area contributed by atoms with Gasteiger partial charge in [-0.25, -0.2) is 15.0 Å². The van der Waals surface area contributed by atoms with Gasteiger partial charge in [-0.2, -0.15) is 0 Å². The highest BCUT2D eigenvalue weighted by molar-refractivity contribution is 6.14. The maximum absolute atomic E-state index is 6.32. The summed E-state index contributed by atoms with van der Waals surface area (Å²) in [5, 5.41) is 0. The van der Waals surface area contributed by atoms with Crippen LogP contribution in [0, 0.1) is 0 Å². The maximum Gasteiger partial charge on any atom is 0.160 e. The molecule has 0 saturated heterocycles. The van der Waals surface area contributed by atoms with E-state index in [0.29, 0.717) is 5.84 Å². The Morgan fingerprint density at radius 3 is 1.43 bits per heavy atom. The number of amidine groups is 1. The summed E-state index contributed by atoms with van der Waals surface area (Å²) in [6.07, 6.45) is 3.91. The lowest BCUT2D eigenvalue weighted by molar-refractivity contribution is 0.483. The molecule has 2 heterocycles. The second-order valence-corrected chi connectivity index (χ2v) is 12.4. The Balaban J connectivity index is 1.06. The van der Waals surface area contributed by atoms with Crippen molar-refractivity contribution in [1.82, 2.24) is 4.98 Å². The molecule has 1 aliphatic rings. The third kappa shape index (κ3) is 7.51. The first-order chi connectivity index (χ1) is 25.2. The standard InChI is InChI=1S/C47H35N3O/c1-5-14-34(15-6-1)40-32-45(37-20-11-4-12-21-37)48-46(33-40)38-24-28-41(29-25-38)51-42-30-26-39(27-31-42)47-49-43(35-16-7-2-8-17-35)22-13-23-44(50-47)36-18-9-3-10-19-36/h1-12,14-22,24-33H,13,23H2. The third-order valence-electron chi connectivity index (χ3n) is 8.86. The van der Waals surface area contributed by atoms with Crippen LogP contribution >= 0.6 is 0 Å². The molecule has 0 fully saturated rings. The highest BCUT2D eigenvalue weighted by Crippen LogP contribution is 2.32. The zero-order chi connectivity index (χ0) is 34.2. The minimum atomic E-state index is 0.680. The van der Waals surface area contributed by atoms with Crippen molar-refractivity contribution in [2.75, 3.05) is 0 Å². The van der Waals surface area contributed by atoms with Crippen LogP contribution in [0.2, 0.25) is 0 Å². The summed E-state index contributed by atoms with van der Waals surface area (Å²) < 4.78 is 6.32. The highest BCUT2D eigenvalue weighted by atomic mass is 16.5. The van der Waals surface area contributed by atoms with Gasteiger partial charge < -0.3 is 4.74 Å². The van der Waals surface area contributed by atoms with E-state index in [9.17, 15) is 0 Å². The van der Waals surface area contributed by atoms with Crippen LogP contribution in [0.4, 0.5) is 0 Å². The van der Waals surface area contributed by atoms with Gasteiger partial charge in [0.05, 0.1) is 22.8 Å². The molecule has 6 aromatic carbocycles. The summed E-state index contributed by atoms with van der Waals surface area (Å²) in [7, 11) is 0. The maximum atomic E-state index is 6.32. The zero-order valence-corrected chi connectivity index (χ0v) is 28.1. The van der Waals surface area contributed by atoms with Crippen molar-refractivity contribution in [2.45, 2.75) is 12.8 Å². The molecular formula is C47H35N3O. The minimum absolute atomic E-state index is 0.680. The van der Waals surface area contributed by atoms with Crippen LogP contribution < -0.4 is 4.74 Å². The fourth-order valence-electron chi connectivity index (χ4n) is 6.21. The summed E-state index contributed by atoms with van der Waals surface area (Å²) in [6.45, 7) is 0. The first-order valence-corrected chi connectivity index (χ1v) is 17.2. The Bertz CT molecular complexity index is 2270. The van der Waals surface area contributed by atoms with Gasteiger partial charge in [-0.05, 0) is 95.8 Å². The smallest absolute Gasteiger partial charge is 0.160 e.